The van der Waals surface area contributed by atoms with E-state index in [9.17, 15) is 4.79 Å². The Morgan fingerprint density at radius 1 is 1.33 bits per heavy atom. The van der Waals surface area contributed by atoms with Gasteiger partial charge in [-0.1, -0.05) is 18.2 Å². The number of piperazine rings is 1. The molecule has 24 heavy (non-hydrogen) atoms. The Balaban J connectivity index is 0.00000208. The van der Waals surface area contributed by atoms with Crippen LogP contribution in [0.3, 0.4) is 0 Å². The van der Waals surface area contributed by atoms with Crippen molar-refractivity contribution in [1.29, 1.82) is 0 Å². The highest BCUT2D eigenvalue weighted by Crippen LogP contribution is 2.23. The van der Waals surface area contributed by atoms with Crippen LogP contribution in [0.4, 0.5) is 5.69 Å². The van der Waals surface area contributed by atoms with Gasteiger partial charge in [0.05, 0.1) is 0 Å². The van der Waals surface area contributed by atoms with Crippen LogP contribution in [-0.4, -0.2) is 35.4 Å². The summed E-state index contributed by atoms with van der Waals surface area (Å²) < 4.78 is 0. The zero-order valence-corrected chi connectivity index (χ0v) is 14.6. The van der Waals surface area contributed by atoms with Crippen LogP contribution in [0.5, 0.6) is 0 Å². The van der Waals surface area contributed by atoms with E-state index in [2.05, 4.69) is 38.7 Å². The molecular formula is C18H23ClN4O. The van der Waals surface area contributed by atoms with E-state index in [1.807, 2.05) is 30.6 Å². The minimum Gasteiger partial charge on any atom is -0.326 e. The first-order chi connectivity index (χ1) is 11.2. The molecule has 1 aliphatic rings. The van der Waals surface area contributed by atoms with Crippen LogP contribution in [-0.2, 0) is 11.3 Å². The number of carbonyl (C=O) groups excluding carboxylic acids is 1. The molecule has 2 aromatic rings. The number of halogens is 1. The number of aromatic nitrogens is 1. The van der Waals surface area contributed by atoms with Crippen molar-refractivity contribution in [1.82, 2.24) is 15.2 Å². The molecule has 1 aromatic heterocycles. The standard InChI is InChI=1S/C18H22N4O.ClH/c1-14(23)21-17-6-4-15(5-7-17)13-22-10-9-20-12-18(22)16-3-2-8-19-11-16;/h2-8,11,18,20H,9-10,12-13H2,1H3,(H,21,23);1H. The van der Waals surface area contributed by atoms with Crippen LogP contribution in [0.2, 0.25) is 0 Å². The third kappa shape index (κ3) is 4.77. The van der Waals surface area contributed by atoms with E-state index in [0.29, 0.717) is 6.04 Å². The van der Waals surface area contributed by atoms with Crippen LogP contribution in [0.25, 0.3) is 0 Å². The fourth-order valence-corrected chi connectivity index (χ4v) is 2.97. The van der Waals surface area contributed by atoms with Crippen molar-refractivity contribution in [2.75, 3.05) is 25.0 Å². The summed E-state index contributed by atoms with van der Waals surface area (Å²) in [6.45, 7) is 5.36. The summed E-state index contributed by atoms with van der Waals surface area (Å²) in [4.78, 5) is 17.8. The number of hydrogen-bond donors (Lipinski definition) is 2. The molecular weight excluding hydrogens is 324 g/mol. The predicted molar refractivity (Wildman–Crippen MR) is 98.3 cm³/mol. The molecule has 0 bridgehead atoms. The molecule has 1 aromatic carbocycles. The molecule has 0 radical (unpaired) electrons. The van der Waals surface area contributed by atoms with Gasteiger partial charge in [0.1, 0.15) is 0 Å². The third-order valence-electron chi connectivity index (χ3n) is 4.08. The SMILES string of the molecule is CC(=O)Nc1ccc(CN2CCNCC2c2cccnc2)cc1.Cl. The summed E-state index contributed by atoms with van der Waals surface area (Å²) in [7, 11) is 0. The smallest absolute Gasteiger partial charge is 0.221 e. The number of nitrogens with zero attached hydrogens (tertiary/aromatic N) is 2. The molecule has 3 rings (SSSR count). The summed E-state index contributed by atoms with van der Waals surface area (Å²) in [5, 5.41) is 6.26. The maximum Gasteiger partial charge on any atom is 0.221 e. The Morgan fingerprint density at radius 3 is 2.79 bits per heavy atom. The number of benzene rings is 1. The van der Waals surface area contributed by atoms with Gasteiger partial charge in [0.2, 0.25) is 5.91 Å². The lowest BCUT2D eigenvalue weighted by Gasteiger charge is -2.36. The summed E-state index contributed by atoms with van der Waals surface area (Å²) in [6.07, 6.45) is 3.76. The van der Waals surface area contributed by atoms with E-state index in [4.69, 9.17) is 0 Å². The summed E-state index contributed by atoms with van der Waals surface area (Å²) in [5.74, 6) is -0.0449. The van der Waals surface area contributed by atoms with Crippen LogP contribution in [0.15, 0.2) is 48.8 Å². The topological polar surface area (TPSA) is 57.3 Å². The fraction of sp³-hybridized carbons (Fsp3) is 0.333. The summed E-state index contributed by atoms with van der Waals surface area (Å²) >= 11 is 0. The van der Waals surface area contributed by atoms with Crippen LogP contribution < -0.4 is 10.6 Å². The number of hydrogen-bond acceptors (Lipinski definition) is 4. The maximum absolute atomic E-state index is 11.1. The third-order valence-corrected chi connectivity index (χ3v) is 4.08. The van der Waals surface area contributed by atoms with Crippen LogP contribution in [0, 0.1) is 0 Å². The van der Waals surface area contributed by atoms with E-state index in [0.717, 1.165) is 31.9 Å². The largest absolute Gasteiger partial charge is 0.326 e. The highest BCUT2D eigenvalue weighted by Gasteiger charge is 2.23. The van der Waals surface area contributed by atoms with Crippen molar-refractivity contribution in [3.8, 4) is 0 Å². The number of rotatable bonds is 4. The molecule has 128 valence electrons. The van der Waals surface area contributed by atoms with Crippen molar-refractivity contribution in [3.63, 3.8) is 0 Å². The fourth-order valence-electron chi connectivity index (χ4n) is 2.97. The molecule has 0 saturated carbocycles. The second-order valence-corrected chi connectivity index (χ2v) is 5.85. The zero-order chi connectivity index (χ0) is 16.1. The van der Waals surface area contributed by atoms with Crippen molar-refractivity contribution in [2.24, 2.45) is 0 Å². The number of nitrogens with one attached hydrogen (secondary N) is 2. The number of carbonyl (C=O) groups is 1. The van der Waals surface area contributed by atoms with Gasteiger partial charge in [-0.2, -0.15) is 0 Å². The van der Waals surface area contributed by atoms with Gasteiger partial charge < -0.3 is 10.6 Å². The first-order valence-corrected chi connectivity index (χ1v) is 7.93. The molecule has 1 unspecified atom stereocenters. The zero-order valence-electron chi connectivity index (χ0n) is 13.7. The lowest BCUT2D eigenvalue weighted by atomic mass is 10.0. The van der Waals surface area contributed by atoms with Gasteiger partial charge in [0.25, 0.3) is 0 Å². The number of amides is 1. The molecule has 0 aliphatic carbocycles. The first kappa shape index (κ1) is 18.4. The van der Waals surface area contributed by atoms with Crippen molar-refractivity contribution >= 4 is 24.0 Å². The van der Waals surface area contributed by atoms with Crippen LogP contribution >= 0.6 is 12.4 Å². The first-order valence-electron chi connectivity index (χ1n) is 7.93. The van der Waals surface area contributed by atoms with E-state index in [1.54, 1.807) is 0 Å². The van der Waals surface area contributed by atoms with E-state index in [-0.39, 0.29) is 18.3 Å². The molecule has 1 aliphatic heterocycles. The minimum absolute atomic E-state index is 0. The molecule has 1 amide bonds. The maximum atomic E-state index is 11.1. The Morgan fingerprint density at radius 2 is 2.12 bits per heavy atom. The summed E-state index contributed by atoms with van der Waals surface area (Å²) in [5.41, 5.74) is 3.33. The molecule has 2 heterocycles. The van der Waals surface area contributed by atoms with Gasteiger partial charge >= 0.3 is 0 Å². The average Bonchev–Trinajstić information content (AvgIpc) is 2.57. The minimum atomic E-state index is -0.0449. The Bertz CT molecular complexity index is 648. The summed E-state index contributed by atoms with van der Waals surface area (Å²) in [6, 6.07) is 12.5. The molecule has 1 fully saturated rings. The molecule has 2 N–H and O–H groups in total. The van der Waals surface area contributed by atoms with Gasteiger partial charge in [-0.3, -0.25) is 14.7 Å². The van der Waals surface area contributed by atoms with Gasteiger partial charge in [-0.25, -0.2) is 0 Å². The molecule has 1 saturated heterocycles. The Kier molecular flexibility index (Phi) is 6.73. The van der Waals surface area contributed by atoms with Crippen molar-refractivity contribution in [2.45, 2.75) is 19.5 Å². The highest BCUT2D eigenvalue weighted by atomic mass is 35.5. The number of anilines is 1. The second-order valence-electron chi connectivity index (χ2n) is 5.85. The number of pyridine rings is 1. The van der Waals surface area contributed by atoms with Gasteiger partial charge in [-0.15, -0.1) is 12.4 Å². The van der Waals surface area contributed by atoms with Gasteiger partial charge in [0, 0.05) is 57.2 Å². The van der Waals surface area contributed by atoms with Crippen molar-refractivity contribution < 1.29 is 4.79 Å². The average molecular weight is 347 g/mol. The lowest BCUT2D eigenvalue weighted by Crippen LogP contribution is -2.45. The van der Waals surface area contributed by atoms with E-state index in [1.165, 1.54) is 18.1 Å². The molecule has 5 nitrogen and oxygen atoms in total. The second kappa shape index (κ2) is 8.78. The molecule has 0 spiro atoms. The normalized spacial score (nSPS) is 17.8. The molecule has 1 atom stereocenters. The highest BCUT2D eigenvalue weighted by molar-refractivity contribution is 5.88. The van der Waals surface area contributed by atoms with E-state index >= 15 is 0 Å². The molecule has 6 heteroatoms. The van der Waals surface area contributed by atoms with Gasteiger partial charge in [-0.05, 0) is 29.3 Å². The monoisotopic (exact) mass is 346 g/mol. The Hall–Kier alpha value is -1.95. The lowest BCUT2D eigenvalue weighted by molar-refractivity contribution is -0.114. The Labute approximate surface area is 148 Å². The van der Waals surface area contributed by atoms with Crippen molar-refractivity contribution in [3.05, 3.63) is 59.9 Å². The van der Waals surface area contributed by atoms with E-state index < -0.39 is 0 Å². The van der Waals surface area contributed by atoms with Crippen LogP contribution in [0.1, 0.15) is 24.1 Å². The predicted octanol–water partition coefficient (Wildman–Crippen LogP) is 2.61. The van der Waals surface area contributed by atoms with Gasteiger partial charge in [0.15, 0.2) is 0 Å². The quantitative estimate of drug-likeness (QED) is 0.893.